The number of aromatic nitrogens is 2. The SMILES string of the molecule is CC(C)Cc1cc(=O)[nH]c(Cc2ccc(F)cc2)n1. The lowest BCUT2D eigenvalue weighted by Crippen LogP contribution is -2.14. The van der Waals surface area contributed by atoms with Crippen molar-refractivity contribution < 1.29 is 4.39 Å². The van der Waals surface area contributed by atoms with Gasteiger partial charge in [-0.15, -0.1) is 0 Å². The summed E-state index contributed by atoms with van der Waals surface area (Å²) in [5, 5.41) is 0. The van der Waals surface area contributed by atoms with Crippen molar-refractivity contribution in [3.05, 3.63) is 63.6 Å². The molecule has 4 heteroatoms. The van der Waals surface area contributed by atoms with Crippen LogP contribution in [0.4, 0.5) is 4.39 Å². The molecule has 1 N–H and O–H groups in total. The third kappa shape index (κ3) is 4.02. The van der Waals surface area contributed by atoms with Crippen LogP contribution in [0, 0.1) is 11.7 Å². The summed E-state index contributed by atoms with van der Waals surface area (Å²) in [5.41, 5.74) is 1.59. The van der Waals surface area contributed by atoms with Crippen molar-refractivity contribution in [2.75, 3.05) is 0 Å². The molecule has 0 saturated heterocycles. The summed E-state index contributed by atoms with van der Waals surface area (Å²) >= 11 is 0. The molecule has 0 fully saturated rings. The van der Waals surface area contributed by atoms with Gasteiger partial charge in [-0.05, 0) is 30.0 Å². The topological polar surface area (TPSA) is 45.8 Å². The number of nitrogens with one attached hydrogen (secondary N) is 1. The third-order valence-corrected chi connectivity index (χ3v) is 2.75. The fraction of sp³-hybridized carbons (Fsp3) is 0.333. The Morgan fingerprint density at radius 2 is 1.95 bits per heavy atom. The molecule has 0 aliphatic carbocycles. The molecule has 19 heavy (non-hydrogen) atoms. The van der Waals surface area contributed by atoms with E-state index in [1.807, 2.05) is 0 Å². The van der Waals surface area contributed by atoms with Crippen molar-refractivity contribution in [1.29, 1.82) is 0 Å². The van der Waals surface area contributed by atoms with Gasteiger partial charge in [0.25, 0.3) is 5.56 Å². The Kier molecular flexibility index (Phi) is 4.10. The standard InChI is InChI=1S/C15H17FN2O/c1-10(2)7-13-9-15(19)18-14(17-13)8-11-3-5-12(16)6-4-11/h3-6,9-10H,7-8H2,1-2H3,(H,17,18,19). The van der Waals surface area contributed by atoms with Crippen molar-refractivity contribution >= 4 is 0 Å². The highest BCUT2D eigenvalue weighted by Gasteiger charge is 2.05. The number of halogens is 1. The number of aromatic amines is 1. The van der Waals surface area contributed by atoms with Crippen LogP contribution in [0.3, 0.4) is 0 Å². The van der Waals surface area contributed by atoms with E-state index in [1.54, 1.807) is 12.1 Å². The van der Waals surface area contributed by atoms with Crippen LogP contribution in [0.15, 0.2) is 35.1 Å². The van der Waals surface area contributed by atoms with Crippen LogP contribution in [0.2, 0.25) is 0 Å². The zero-order valence-corrected chi connectivity index (χ0v) is 11.1. The Bertz CT molecular complexity index is 602. The molecule has 0 atom stereocenters. The van der Waals surface area contributed by atoms with Gasteiger partial charge in [-0.3, -0.25) is 4.79 Å². The van der Waals surface area contributed by atoms with Crippen LogP contribution in [-0.2, 0) is 12.8 Å². The smallest absolute Gasteiger partial charge is 0.251 e. The monoisotopic (exact) mass is 260 g/mol. The van der Waals surface area contributed by atoms with Gasteiger partial charge < -0.3 is 4.98 Å². The Morgan fingerprint density at radius 3 is 2.58 bits per heavy atom. The van der Waals surface area contributed by atoms with Crippen LogP contribution in [-0.4, -0.2) is 9.97 Å². The van der Waals surface area contributed by atoms with Gasteiger partial charge in [0.15, 0.2) is 0 Å². The fourth-order valence-corrected chi connectivity index (χ4v) is 1.97. The molecule has 0 radical (unpaired) electrons. The first-order valence-electron chi connectivity index (χ1n) is 6.36. The van der Waals surface area contributed by atoms with Crippen molar-refractivity contribution in [2.24, 2.45) is 5.92 Å². The number of H-pyrrole nitrogens is 1. The minimum atomic E-state index is -0.265. The second-order valence-electron chi connectivity index (χ2n) is 5.08. The summed E-state index contributed by atoms with van der Waals surface area (Å²) in [6, 6.07) is 7.75. The molecule has 1 aromatic carbocycles. The average molecular weight is 260 g/mol. The van der Waals surface area contributed by atoms with E-state index >= 15 is 0 Å². The number of rotatable bonds is 4. The van der Waals surface area contributed by atoms with Gasteiger partial charge in [0, 0.05) is 18.2 Å². The zero-order valence-electron chi connectivity index (χ0n) is 11.1. The van der Waals surface area contributed by atoms with Crippen molar-refractivity contribution in [3.63, 3.8) is 0 Å². The van der Waals surface area contributed by atoms with E-state index in [-0.39, 0.29) is 11.4 Å². The molecule has 0 bridgehead atoms. The summed E-state index contributed by atoms with van der Waals surface area (Å²) in [6.07, 6.45) is 1.28. The molecule has 1 heterocycles. The molecule has 0 aliphatic heterocycles. The van der Waals surface area contributed by atoms with Gasteiger partial charge in [-0.25, -0.2) is 9.37 Å². The minimum Gasteiger partial charge on any atom is -0.310 e. The molecule has 3 nitrogen and oxygen atoms in total. The Hall–Kier alpha value is -1.97. The van der Waals surface area contributed by atoms with Crippen molar-refractivity contribution in [2.45, 2.75) is 26.7 Å². The van der Waals surface area contributed by atoms with Gasteiger partial charge in [-0.2, -0.15) is 0 Å². The molecular weight excluding hydrogens is 243 g/mol. The van der Waals surface area contributed by atoms with Crippen LogP contribution in [0.5, 0.6) is 0 Å². The highest BCUT2D eigenvalue weighted by Crippen LogP contribution is 2.08. The van der Waals surface area contributed by atoms with Gasteiger partial charge >= 0.3 is 0 Å². The molecule has 0 aliphatic rings. The van der Waals surface area contributed by atoms with E-state index in [0.29, 0.717) is 18.2 Å². The molecule has 0 saturated carbocycles. The first kappa shape index (κ1) is 13.5. The van der Waals surface area contributed by atoms with E-state index < -0.39 is 0 Å². The molecule has 0 spiro atoms. The first-order valence-corrected chi connectivity index (χ1v) is 6.36. The van der Waals surface area contributed by atoms with E-state index in [1.165, 1.54) is 18.2 Å². The molecule has 2 rings (SSSR count). The zero-order chi connectivity index (χ0) is 13.8. The summed E-state index contributed by atoms with van der Waals surface area (Å²) < 4.78 is 12.8. The summed E-state index contributed by atoms with van der Waals surface area (Å²) in [6.45, 7) is 4.17. The molecular formula is C15H17FN2O. The highest BCUT2D eigenvalue weighted by molar-refractivity contribution is 5.20. The molecule has 2 aromatic rings. The molecule has 0 amide bonds. The number of hydrogen-bond acceptors (Lipinski definition) is 2. The second kappa shape index (κ2) is 5.78. The predicted octanol–water partition coefficient (Wildman–Crippen LogP) is 2.70. The highest BCUT2D eigenvalue weighted by atomic mass is 19.1. The Labute approximate surface area is 111 Å². The van der Waals surface area contributed by atoms with Gasteiger partial charge in [-0.1, -0.05) is 26.0 Å². The van der Waals surface area contributed by atoms with Crippen LogP contribution >= 0.6 is 0 Å². The van der Waals surface area contributed by atoms with Crippen LogP contribution in [0.1, 0.15) is 30.9 Å². The average Bonchev–Trinajstić information content (AvgIpc) is 2.30. The lowest BCUT2D eigenvalue weighted by Gasteiger charge is -2.06. The second-order valence-corrected chi connectivity index (χ2v) is 5.08. The van der Waals surface area contributed by atoms with Gasteiger partial charge in [0.2, 0.25) is 0 Å². The number of nitrogens with zero attached hydrogens (tertiary/aromatic N) is 1. The summed E-state index contributed by atoms with van der Waals surface area (Å²) in [7, 11) is 0. The van der Waals surface area contributed by atoms with E-state index in [9.17, 15) is 9.18 Å². The third-order valence-electron chi connectivity index (χ3n) is 2.75. The molecule has 1 aromatic heterocycles. The Balaban J connectivity index is 2.22. The van der Waals surface area contributed by atoms with E-state index in [4.69, 9.17) is 0 Å². The quantitative estimate of drug-likeness (QED) is 0.918. The van der Waals surface area contributed by atoms with Crippen molar-refractivity contribution in [3.8, 4) is 0 Å². The lowest BCUT2D eigenvalue weighted by molar-refractivity contribution is 0.626. The largest absolute Gasteiger partial charge is 0.310 e. The fourth-order valence-electron chi connectivity index (χ4n) is 1.97. The normalized spacial score (nSPS) is 10.9. The maximum absolute atomic E-state index is 12.8. The van der Waals surface area contributed by atoms with E-state index in [0.717, 1.165) is 17.7 Å². The maximum Gasteiger partial charge on any atom is 0.251 e. The number of benzene rings is 1. The summed E-state index contributed by atoms with van der Waals surface area (Å²) in [4.78, 5) is 18.7. The molecule has 0 unspecified atom stereocenters. The van der Waals surface area contributed by atoms with E-state index in [2.05, 4.69) is 23.8 Å². The Morgan fingerprint density at radius 1 is 1.26 bits per heavy atom. The molecule has 100 valence electrons. The maximum atomic E-state index is 12.8. The van der Waals surface area contributed by atoms with Gasteiger partial charge in [0.05, 0.1) is 0 Å². The lowest BCUT2D eigenvalue weighted by atomic mass is 10.1. The van der Waals surface area contributed by atoms with Gasteiger partial charge in [0.1, 0.15) is 11.6 Å². The minimum absolute atomic E-state index is 0.136. The van der Waals surface area contributed by atoms with Crippen molar-refractivity contribution in [1.82, 2.24) is 9.97 Å². The van der Waals surface area contributed by atoms with Crippen LogP contribution in [0.25, 0.3) is 0 Å². The summed E-state index contributed by atoms with van der Waals surface area (Å²) in [5.74, 6) is 0.807. The number of hydrogen-bond donors (Lipinski definition) is 1. The predicted molar refractivity (Wildman–Crippen MR) is 72.6 cm³/mol. The van der Waals surface area contributed by atoms with Crippen LogP contribution < -0.4 is 5.56 Å². The first-order chi connectivity index (χ1) is 9.02.